The van der Waals surface area contributed by atoms with E-state index in [-0.39, 0.29) is 19.3 Å². The van der Waals surface area contributed by atoms with E-state index in [0.717, 1.165) is 24.0 Å². The van der Waals surface area contributed by atoms with Crippen LogP contribution >= 0.6 is 0 Å². The van der Waals surface area contributed by atoms with Crippen molar-refractivity contribution in [2.75, 3.05) is 0 Å². The Kier molecular flexibility index (Phi) is 7.15. The number of carbonyl (C=O) groups is 3. The summed E-state index contributed by atoms with van der Waals surface area (Å²) in [4.78, 5) is 34.3. The zero-order valence-corrected chi connectivity index (χ0v) is 14.7. The molecule has 1 aliphatic rings. The van der Waals surface area contributed by atoms with Gasteiger partial charge in [-0.05, 0) is 36.3 Å². The molecule has 0 spiro atoms. The van der Waals surface area contributed by atoms with E-state index >= 15 is 0 Å². The molecule has 0 aromatic heterocycles. The lowest BCUT2D eigenvalue weighted by atomic mass is 9.90. The lowest BCUT2D eigenvalue weighted by molar-refractivity contribution is -0.142. The van der Waals surface area contributed by atoms with E-state index in [1.165, 1.54) is 12.8 Å². The zero-order valence-electron chi connectivity index (χ0n) is 14.7. The molecule has 26 heavy (non-hydrogen) atoms. The molecule has 1 amide bonds. The Balaban J connectivity index is 2.05. The van der Waals surface area contributed by atoms with E-state index in [2.05, 4.69) is 5.32 Å². The first-order valence-corrected chi connectivity index (χ1v) is 8.97. The summed E-state index contributed by atoms with van der Waals surface area (Å²) >= 11 is 0. The first kappa shape index (κ1) is 19.9. The second kappa shape index (κ2) is 9.33. The van der Waals surface area contributed by atoms with Crippen LogP contribution in [0.5, 0.6) is 0 Å². The number of rotatable bonds is 9. The van der Waals surface area contributed by atoms with Gasteiger partial charge in [-0.1, -0.05) is 37.1 Å². The molecule has 1 aromatic carbocycles. The van der Waals surface area contributed by atoms with Gasteiger partial charge in [0.05, 0.1) is 6.04 Å². The number of nitrogens with two attached hydrogens (primary N) is 1. The van der Waals surface area contributed by atoms with Crippen LogP contribution in [0.4, 0.5) is 0 Å². The molecule has 0 bridgehead atoms. The molecule has 7 heteroatoms. The molecule has 0 saturated heterocycles. The number of benzene rings is 1. The van der Waals surface area contributed by atoms with Gasteiger partial charge >= 0.3 is 11.9 Å². The van der Waals surface area contributed by atoms with Crippen molar-refractivity contribution in [3.63, 3.8) is 0 Å². The highest BCUT2D eigenvalue weighted by atomic mass is 16.4. The molecule has 2 rings (SSSR count). The van der Waals surface area contributed by atoms with E-state index in [1.54, 1.807) is 0 Å². The molecule has 142 valence electrons. The van der Waals surface area contributed by atoms with Crippen LogP contribution in [0.1, 0.15) is 55.6 Å². The van der Waals surface area contributed by atoms with Gasteiger partial charge in [0.1, 0.15) is 6.04 Å². The van der Waals surface area contributed by atoms with Gasteiger partial charge in [0, 0.05) is 12.8 Å². The fraction of sp³-hybridized carbons (Fsp3) is 0.526. The van der Waals surface area contributed by atoms with Gasteiger partial charge in [-0.25, -0.2) is 4.79 Å². The third-order valence-electron chi connectivity index (χ3n) is 4.89. The van der Waals surface area contributed by atoms with Gasteiger partial charge in [-0.3, -0.25) is 9.59 Å². The van der Waals surface area contributed by atoms with E-state index in [1.807, 2.05) is 24.3 Å². The Morgan fingerprint density at radius 3 is 2.42 bits per heavy atom. The van der Waals surface area contributed by atoms with Crippen LogP contribution in [0.25, 0.3) is 0 Å². The summed E-state index contributed by atoms with van der Waals surface area (Å²) in [7, 11) is 0. The summed E-state index contributed by atoms with van der Waals surface area (Å²) in [5.74, 6) is -2.38. The average molecular weight is 362 g/mol. The summed E-state index contributed by atoms with van der Waals surface area (Å²) in [6.07, 6.45) is 4.46. The lowest BCUT2D eigenvalue weighted by Crippen LogP contribution is -2.49. The summed E-state index contributed by atoms with van der Waals surface area (Å²) in [6, 6.07) is 5.62. The van der Waals surface area contributed by atoms with Gasteiger partial charge in [0.2, 0.25) is 5.91 Å². The number of carbonyl (C=O) groups excluding carboxylic acids is 1. The van der Waals surface area contributed by atoms with Crippen LogP contribution in [0.15, 0.2) is 24.3 Å². The van der Waals surface area contributed by atoms with E-state index < -0.39 is 29.9 Å². The topological polar surface area (TPSA) is 130 Å². The largest absolute Gasteiger partial charge is 0.481 e. The molecular weight excluding hydrogens is 336 g/mol. The maximum atomic E-state index is 12.1. The van der Waals surface area contributed by atoms with Crippen molar-refractivity contribution in [2.45, 2.75) is 62.9 Å². The van der Waals surface area contributed by atoms with E-state index in [4.69, 9.17) is 10.8 Å². The second-order valence-electron chi connectivity index (χ2n) is 6.82. The van der Waals surface area contributed by atoms with E-state index in [0.29, 0.717) is 5.92 Å². The lowest BCUT2D eigenvalue weighted by Gasteiger charge is -2.21. The molecule has 7 nitrogen and oxygen atoms in total. The van der Waals surface area contributed by atoms with Gasteiger partial charge in [-0.2, -0.15) is 0 Å². The Morgan fingerprint density at radius 2 is 1.81 bits per heavy atom. The predicted octanol–water partition coefficient (Wildman–Crippen LogP) is 1.65. The minimum Gasteiger partial charge on any atom is -0.481 e. The fourth-order valence-electron chi connectivity index (χ4n) is 3.46. The van der Waals surface area contributed by atoms with Crippen LogP contribution < -0.4 is 11.1 Å². The molecule has 0 radical (unpaired) electrons. The highest BCUT2D eigenvalue weighted by Crippen LogP contribution is 2.36. The molecular formula is C19H26N2O5. The van der Waals surface area contributed by atoms with Gasteiger partial charge in [0.25, 0.3) is 0 Å². The molecule has 1 fully saturated rings. The summed E-state index contributed by atoms with van der Waals surface area (Å²) in [5.41, 5.74) is 7.74. The van der Waals surface area contributed by atoms with Crippen molar-refractivity contribution in [1.82, 2.24) is 5.32 Å². The summed E-state index contributed by atoms with van der Waals surface area (Å²) < 4.78 is 0. The first-order chi connectivity index (χ1) is 12.4. The SMILES string of the molecule is N[C@@H](CCC(=O)O)C(=O)N[C@@H](Cc1ccccc1C1CCCC1)C(=O)O. The second-order valence-corrected chi connectivity index (χ2v) is 6.82. The number of aliphatic carboxylic acids is 2. The van der Waals surface area contributed by atoms with Crippen LogP contribution in [-0.4, -0.2) is 40.1 Å². The van der Waals surface area contributed by atoms with Gasteiger partial charge in [0.15, 0.2) is 0 Å². The number of carboxylic acid groups (broad SMARTS) is 2. The molecule has 2 atom stereocenters. The normalized spacial score (nSPS) is 16.8. The third kappa shape index (κ3) is 5.56. The molecule has 0 heterocycles. The first-order valence-electron chi connectivity index (χ1n) is 8.97. The number of carboxylic acids is 2. The summed E-state index contributed by atoms with van der Waals surface area (Å²) in [6.45, 7) is 0. The predicted molar refractivity (Wildman–Crippen MR) is 95.8 cm³/mol. The van der Waals surface area contributed by atoms with Gasteiger partial charge < -0.3 is 21.3 Å². The Bertz CT molecular complexity index is 655. The Morgan fingerprint density at radius 1 is 1.15 bits per heavy atom. The Labute approximate surface area is 152 Å². The van der Waals surface area contributed by atoms with Gasteiger partial charge in [-0.15, -0.1) is 0 Å². The van der Waals surface area contributed by atoms with Crippen molar-refractivity contribution >= 4 is 17.8 Å². The highest BCUT2D eigenvalue weighted by molar-refractivity contribution is 5.87. The van der Waals surface area contributed by atoms with Crippen molar-refractivity contribution in [1.29, 1.82) is 0 Å². The maximum absolute atomic E-state index is 12.1. The Hall–Kier alpha value is -2.41. The number of hydrogen-bond donors (Lipinski definition) is 4. The number of nitrogens with one attached hydrogen (secondary N) is 1. The minimum atomic E-state index is -1.13. The maximum Gasteiger partial charge on any atom is 0.326 e. The van der Waals surface area contributed by atoms with Crippen LogP contribution in [0.3, 0.4) is 0 Å². The van der Waals surface area contributed by atoms with Crippen LogP contribution in [0.2, 0.25) is 0 Å². The van der Waals surface area contributed by atoms with Crippen LogP contribution in [-0.2, 0) is 20.8 Å². The zero-order chi connectivity index (χ0) is 19.1. The van der Waals surface area contributed by atoms with Crippen molar-refractivity contribution in [2.24, 2.45) is 5.73 Å². The average Bonchev–Trinajstić information content (AvgIpc) is 3.13. The third-order valence-corrected chi connectivity index (χ3v) is 4.89. The molecule has 1 aromatic rings. The van der Waals surface area contributed by atoms with Crippen molar-refractivity contribution < 1.29 is 24.6 Å². The quantitative estimate of drug-likeness (QED) is 0.528. The minimum absolute atomic E-state index is 0.0355. The number of amides is 1. The van der Waals surface area contributed by atoms with Crippen LogP contribution in [0, 0.1) is 0 Å². The molecule has 5 N–H and O–H groups in total. The monoisotopic (exact) mass is 362 g/mol. The molecule has 0 unspecified atom stereocenters. The number of hydrogen-bond acceptors (Lipinski definition) is 4. The standard InChI is InChI=1S/C19H26N2O5/c20-15(9-10-17(22)23)18(24)21-16(19(25)26)11-13-7-3-4-8-14(13)12-5-1-2-6-12/h3-4,7-8,12,15-16H,1-2,5-6,9-11,20H2,(H,21,24)(H,22,23)(H,25,26)/t15-,16-/m0/s1. The van der Waals surface area contributed by atoms with Crippen molar-refractivity contribution in [3.05, 3.63) is 35.4 Å². The fourth-order valence-corrected chi connectivity index (χ4v) is 3.46. The van der Waals surface area contributed by atoms with Crippen molar-refractivity contribution in [3.8, 4) is 0 Å². The summed E-state index contributed by atoms with van der Waals surface area (Å²) in [5, 5.41) is 20.6. The smallest absolute Gasteiger partial charge is 0.326 e. The molecule has 1 saturated carbocycles. The van der Waals surface area contributed by atoms with E-state index in [9.17, 15) is 19.5 Å². The highest BCUT2D eigenvalue weighted by Gasteiger charge is 2.26. The molecule has 1 aliphatic carbocycles. The molecule has 0 aliphatic heterocycles.